The van der Waals surface area contributed by atoms with Gasteiger partial charge in [-0.2, -0.15) is 0 Å². The van der Waals surface area contributed by atoms with Crippen molar-refractivity contribution in [3.63, 3.8) is 0 Å². The van der Waals surface area contributed by atoms with Gasteiger partial charge in [0.2, 0.25) is 21.8 Å². The predicted octanol–water partition coefficient (Wildman–Crippen LogP) is 2.31. The van der Waals surface area contributed by atoms with Crippen molar-refractivity contribution in [1.82, 2.24) is 10.2 Å². The Kier molecular flexibility index (Phi) is 9.58. The second-order valence-electron chi connectivity index (χ2n) is 7.74. The molecule has 1 N–H and O–H groups in total. The number of non-ortho nitro benzene ring substituents is 1. The van der Waals surface area contributed by atoms with Gasteiger partial charge in [-0.15, -0.1) is 0 Å². The van der Waals surface area contributed by atoms with Crippen LogP contribution >= 0.6 is 0 Å². The van der Waals surface area contributed by atoms with Gasteiger partial charge < -0.3 is 15.0 Å². The summed E-state index contributed by atoms with van der Waals surface area (Å²) in [6.45, 7) is 3.25. The number of nitro benzene ring substituents is 1. The van der Waals surface area contributed by atoms with Crippen molar-refractivity contribution in [2.24, 2.45) is 0 Å². The molecule has 0 aliphatic rings. The molecule has 2 aromatic carbocycles. The Bertz CT molecular complexity index is 1170. The molecule has 0 spiro atoms. The summed E-state index contributed by atoms with van der Waals surface area (Å²) < 4.78 is 31.2. The normalized spacial score (nSPS) is 11.9. The molecule has 0 fully saturated rings. The van der Waals surface area contributed by atoms with Gasteiger partial charge in [-0.05, 0) is 37.1 Å². The van der Waals surface area contributed by atoms with Gasteiger partial charge in [0, 0.05) is 25.2 Å². The highest BCUT2D eigenvalue weighted by molar-refractivity contribution is 7.92. The minimum absolute atomic E-state index is 0.0255. The van der Waals surface area contributed by atoms with Crippen LogP contribution in [0.25, 0.3) is 0 Å². The number of carbonyl (C=O) groups excluding carboxylic acids is 2. The van der Waals surface area contributed by atoms with Crippen molar-refractivity contribution in [2.75, 3.05) is 30.8 Å². The Morgan fingerprint density at radius 1 is 1.14 bits per heavy atom. The summed E-state index contributed by atoms with van der Waals surface area (Å²) in [5.41, 5.74) is 0.342. The molecule has 0 aliphatic carbocycles. The van der Waals surface area contributed by atoms with Crippen LogP contribution in [0.5, 0.6) is 5.75 Å². The first-order valence-electron chi connectivity index (χ1n) is 10.9. The van der Waals surface area contributed by atoms with Crippen molar-refractivity contribution >= 4 is 33.2 Å². The summed E-state index contributed by atoms with van der Waals surface area (Å²) in [7, 11) is -2.48. The number of hydrogen-bond acceptors (Lipinski definition) is 7. The maximum atomic E-state index is 13.5. The van der Waals surface area contributed by atoms with Gasteiger partial charge in [-0.1, -0.05) is 25.1 Å². The number of nitro groups is 1. The summed E-state index contributed by atoms with van der Waals surface area (Å²) in [5.74, 6) is -0.439. The van der Waals surface area contributed by atoms with Gasteiger partial charge in [0.15, 0.2) is 0 Å². The standard InChI is InChI=1S/C23H30N4O7S/c1-5-21(23(29)24-6-2)25(15-17-9-7-12-20(13-17)34-3)22(28)16-26(35(4,32)33)18-10-8-11-19(14-18)27(30)31/h7-14,21H,5-6,15-16H2,1-4H3,(H,24,29)/t21-/m0/s1. The monoisotopic (exact) mass is 506 g/mol. The molecule has 0 unspecified atom stereocenters. The second-order valence-corrected chi connectivity index (χ2v) is 9.65. The van der Waals surface area contributed by atoms with E-state index in [2.05, 4.69) is 5.32 Å². The Balaban J connectivity index is 2.48. The summed E-state index contributed by atoms with van der Waals surface area (Å²) >= 11 is 0. The van der Waals surface area contributed by atoms with E-state index < -0.39 is 33.4 Å². The summed E-state index contributed by atoms with van der Waals surface area (Å²) in [6, 6.07) is 11.1. The third-order valence-electron chi connectivity index (χ3n) is 5.23. The molecule has 0 aliphatic heterocycles. The molecule has 35 heavy (non-hydrogen) atoms. The molecule has 11 nitrogen and oxygen atoms in total. The number of nitrogens with zero attached hydrogens (tertiary/aromatic N) is 3. The lowest BCUT2D eigenvalue weighted by molar-refractivity contribution is -0.384. The first-order valence-corrected chi connectivity index (χ1v) is 12.8. The molecule has 2 rings (SSSR count). The van der Waals surface area contributed by atoms with Crippen molar-refractivity contribution < 1.29 is 27.7 Å². The van der Waals surface area contributed by atoms with Crippen LogP contribution in [0.3, 0.4) is 0 Å². The maximum absolute atomic E-state index is 13.5. The molecule has 190 valence electrons. The summed E-state index contributed by atoms with van der Waals surface area (Å²) in [4.78, 5) is 38.2. The molecule has 0 bridgehead atoms. The lowest BCUT2D eigenvalue weighted by Gasteiger charge is -2.32. The number of rotatable bonds is 12. The van der Waals surface area contributed by atoms with E-state index in [1.165, 1.54) is 30.2 Å². The van der Waals surface area contributed by atoms with E-state index in [9.17, 15) is 28.1 Å². The summed E-state index contributed by atoms with van der Waals surface area (Å²) in [5, 5.41) is 13.9. The number of nitrogens with one attached hydrogen (secondary N) is 1. The van der Waals surface area contributed by atoms with Crippen LogP contribution in [0.1, 0.15) is 25.8 Å². The molecule has 2 aromatic rings. The third-order valence-corrected chi connectivity index (χ3v) is 6.37. The Morgan fingerprint density at radius 2 is 1.83 bits per heavy atom. The number of sulfonamides is 1. The molecule has 0 heterocycles. The second kappa shape index (κ2) is 12.2. The molecule has 0 radical (unpaired) electrons. The Morgan fingerprint density at radius 3 is 2.40 bits per heavy atom. The smallest absolute Gasteiger partial charge is 0.271 e. The zero-order valence-corrected chi connectivity index (χ0v) is 20.9. The van der Waals surface area contributed by atoms with Crippen molar-refractivity contribution in [3.05, 3.63) is 64.2 Å². The highest BCUT2D eigenvalue weighted by atomic mass is 32.2. The maximum Gasteiger partial charge on any atom is 0.271 e. The zero-order valence-electron chi connectivity index (χ0n) is 20.1. The average Bonchev–Trinajstić information content (AvgIpc) is 2.81. The summed E-state index contributed by atoms with van der Waals surface area (Å²) in [6.07, 6.45) is 1.20. The number of amides is 2. The average molecular weight is 507 g/mol. The van der Waals surface area contributed by atoms with E-state index in [0.717, 1.165) is 16.6 Å². The first kappa shape index (κ1) is 27.6. The fourth-order valence-electron chi connectivity index (χ4n) is 3.55. The van der Waals surface area contributed by atoms with E-state index in [-0.39, 0.29) is 30.2 Å². The lowest BCUT2D eigenvalue weighted by Crippen LogP contribution is -2.52. The lowest BCUT2D eigenvalue weighted by atomic mass is 10.1. The van der Waals surface area contributed by atoms with Gasteiger partial charge >= 0.3 is 0 Å². The SMILES string of the molecule is CCNC(=O)[C@H](CC)N(Cc1cccc(OC)c1)C(=O)CN(c1cccc([N+](=O)[O-])c1)S(C)(=O)=O. The molecule has 12 heteroatoms. The van der Waals surface area contributed by atoms with Gasteiger partial charge in [-0.25, -0.2) is 8.42 Å². The van der Waals surface area contributed by atoms with Crippen LogP contribution in [0.4, 0.5) is 11.4 Å². The molecular weight excluding hydrogens is 476 g/mol. The number of anilines is 1. The highest BCUT2D eigenvalue weighted by Crippen LogP contribution is 2.24. The predicted molar refractivity (Wildman–Crippen MR) is 132 cm³/mol. The van der Waals surface area contributed by atoms with Crippen molar-refractivity contribution in [1.29, 1.82) is 0 Å². The zero-order chi connectivity index (χ0) is 26.2. The van der Waals surface area contributed by atoms with E-state index in [0.29, 0.717) is 17.9 Å². The Labute approximate surface area is 204 Å². The number of benzene rings is 2. The fraction of sp³-hybridized carbons (Fsp3) is 0.391. The van der Waals surface area contributed by atoms with E-state index in [1.807, 2.05) is 0 Å². The largest absolute Gasteiger partial charge is 0.497 e. The quantitative estimate of drug-likeness (QED) is 0.344. The van der Waals surface area contributed by atoms with Gasteiger partial charge in [0.1, 0.15) is 18.3 Å². The van der Waals surface area contributed by atoms with Gasteiger partial charge in [0.05, 0.1) is 24.0 Å². The minimum Gasteiger partial charge on any atom is -0.497 e. The van der Waals surface area contributed by atoms with Crippen LogP contribution in [-0.4, -0.2) is 62.6 Å². The Hall–Kier alpha value is -3.67. The van der Waals surface area contributed by atoms with Crippen LogP contribution in [0.2, 0.25) is 0 Å². The minimum atomic E-state index is -3.99. The third kappa shape index (κ3) is 7.41. The van der Waals surface area contributed by atoms with E-state index >= 15 is 0 Å². The number of hydrogen-bond donors (Lipinski definition) is 1. The molecular formula is C23H30N4O7S. The topological polar surface area (TPSA) is 139 Å². The van der Waals surface area contributed by atoms with Crippen molar-refractivity contribution in [2.45, 2.75) is 32.9 Å². The molecule has 0 aromatic heterocycles. The first-order chi connectivity index (χ1) is 16.5. The number of ether oxygens (including phenoxy) is 1. The van der Waals surface area contributed by atoms with Crippen LogP contribution in [-0.2, 0) is 26.2 Å². The molecule has 0 saturated heterocycles. The van der Waals surface area contributed by atoms with E-state index in [1.54, 1.807) is 38.1 Å². The molecule has 0 saturated carbocycles. The van der Waals surface area contributed by atoms with Crippen LogP contribution in [0, 0.1) is 10.1 Å². The van der Waals surface area contributed by atoms with Crippen LogP contribution in [0.15, 0.2) is 48.5 Å². The van der Waals surface area contributed by atoms with Gasteiger partial charge in [-0.3, -0.25) is 24.0 Å². The number of carbonyl (C=O) groups is 2. The molecule has 2 amide bonds. The number of likely N-dealkylation sites (N-methyl/N-ethyl adjacent to an activating group) is 1. The highest BCUT2D eigenvalue weighted by Gasteiger charge is 2.32. The van der Waals surface area contributed by atoms with E-state index in [4.69, 9.17) is 4.74 Å². The fourth-order valence-corrected chi connectivity index (χ4v) is 4.40. The van der Waals surface area contributed by atoms with Crippen molar-refractivity contribution in [3.8, 4) is 5.75 Å². The van der Waals surface area contributed by atoms with Crippen LogP contribution < -0.4 is 14.4 Å². The molecule has 1 atom stereocenters. The van der Waals surface area contributed by atoms with Gasteiger partial charge in [0.25, 0.3) is 5.69 Å². The number of methoxy groups -OCH3 is 1.